The van der Waals surface area contributed by atoms with Crippen molar-refractivity contribution in [2.45, 2.75) is 45.1 Å². The monoisotopic (exact) mass is 324 g/mol. The molecule has 1 aliphatic carbocycles. The third-order valence-electron chi connectivity index (χ3n) is 4.15. The van der Waals surface area contributed by atoms with E-state index in [1.54, 1.807) is 6.07 Å². The molecule has 1 fully saturated rings. The molecule has 0 aromatic heterocycles. The lowest BCUT2D eigenvalue weighted by atomic mass is 9.83. The molecule has 3 N–H and O–H groups in total. The predicted octanol–water partition coefficient (Wildman–Crippen LogP) is 3.61. The number of nitrogens with one attached hydrogen (secondary N) is 1. The molecule has 0 heterocycles. The van der Waals surface area contributed by atoms with Crippen LogP contribution in [-0.4, -0.2) is 16.9 Å². The van der Waals surface area contributed by atoms with Crippen molar-refractivity contribution >= 4 is 34.7 Å². The van der Waals surface area contributed by atoms with Crippen LogP contribution < -0.4 is 11.1 Å². The summed E-state index contributed by atoms with van der Waals surface area (Å²) in [4.78, 5) is 12.8. The van der Waals surface area contributed by atoms with Crippen molar-refractivity contribution in [1.82, 2.24) is 5.32 Å². The zero-order valence-electron chi connectivity index (χ0n) is 12.2. The lowest BCUT2D eigenvalue weighted by molar-refractivity contribution is 0.0932. The van der Waals surface area contributed by atoms with E-state index in [9.17, 15) is 4.79 Å². The van der Waals surface area contributed by atoms with Gasteiger partial charge in [-0.05, 0) is 37.3 Å². The molecule has 0 radical (unpaired) electrons. The van der Waals surface area contributed by atoms with Gasteiger partial charge in [0.1, 0.15) is 0 Å². The molecule has 0 bridgehead atoms. The van der Waals surface area contributed by atoms with Crippen LogP contribution in [0.5, 0.6) is 0 Å². The van der Waals surface area contributed by atoms with Gasteiger partial charge in [-0.1, -0.05) is 55.2 Å². The highest BCUT2D eigenvalue weighted by Gasteiger charge is 2.28. The fraction of sp³-hybridized carbons (Fsp3) is 0.500. The summed E-state index contributed by atoms with van der Waals surface area (Å²) in [5, 5.41) is 3.47. The van der Waals surface area contributed by atoms with Crippen molar-refractivity contribution in [3.05, 3.63) is 34.3 Å². The maximum atomic E-state index is 12.5. The van der Waals surface area contributed by atoms with Gasteiger partial charge in [0.25, 0.3) is 5.91 Å². The van der Waals surface area contributed by atoms with Crippen molar-refractivity contribution in [3.63, 3.8) is 0 Å². The van der Waals surface area contributed by atoms with E-state index in [2.05, 4.69) is 5.32 Å². The van der Waals surface area contributed by atoms with Gasteiger partial charge in [0.15, 0.2) is 0 Å². The van der Waals surface area contributed by atoms with Crippen molar-refractivity contribution in [2.75, 3.05) is 0 Å². The van der Waals surface area contributed by atoms with Crippen LogP contribution >= 0.6 is 23.8 Å². The minimum atomic E-state index is -0.246. The van der Waals surface area contributed by atoms with Gasteiger partial charge in [-0.15, -0.1) is 0 Å². The summed E-state index contributed by atoms with van der Waals surface area (Å²) in [6.07, 6.45) is 5.71. The first-order chi connectivity index (χ1) is 10.0. The van der Waals surface area contributed by atoms with Crippen LogP contribution in [0.3, 0.4) is 0 Å². The summed E-state index contributed by atoms with van der Waals surface area (Å²) in [7, 11) is 0. The lowest BCUT2D eigenvalue weighted by Crippen LogP contribution is -2.48. The number of hydrogen-bond donors (Lipinski definition) is 2. The summed E-state index contributed by atoms with van der Waals surface area (Å²) in [6, 6.07) is 5.18. The minimum Gasteiger partial charge on any atom is -0.392 e. The van der Waals surface area contributed by atoms with E-state index in [0.29, 0.717) is 21.5 Å². The number of halogens is 1. The lowest BCUT2D eigenvalue weighted by Gasteiger charge is -2.30. The Morgan fingerprint density at radius 2 is 2.05 bits per heavy atom. The van der Waals surface area contributed by atoms with Crippen LogP contribution in [0.25, 0.3) is 0 Å². The summed E-state index contributed by atoms with van der Waals surface area (Å²) in [6.45, 7) is 1.88. The van der Waals surface area contributed by atoms with Crippen LogP contribution in [0.2, 0.25) is 5.02 Å². The molecule has 3 nitrogen and oxygen atoms in total. The molecule has 1 unspecified atom stereocenters. The molecule has 21 heavy (non-hydrogen) atoms. The van der Waals surface area contributed by atoms with E-state index < -0.39 is 0 Å². The summed E-state index contributed by atoms with van der Waals surface area (Å²) >= 11 is 11.4. The average Bonchev–Trinajstić information content (AvgIpc) is 2.48. The Morgan fingerprint density at radius 1 is 1.38 bits per heavy atom. The van der Waals surface area contributed by atoms with Gasteiger partial charge < -0.3 is 11.1 Å². The van der Waals surface area contributed by atoms with E-state index in [1.165, 1.54) is 19.3 Å². The van der Waals surface area contributed by atoms with E-state index in [0.717, 1.165) is 18.4 Å². The van der Waals surface area contributed by atoms with Crippen molar-refractivity contribution < 1.29 is 4.79 Å². The number of carbonyl (C=O) groups excluding carboxylic acids is 1. The Hall–Kier alpha value is -1.13. The second kappa shape index (κ2) is 7.23. The highest BCUT2D eigenvalue weighted by molar-refractivity contribution is 7.80. The second-order valence-corrected chi connectivity index (χ2v) is 6.54. The molecule has 1 aromatic carbocycles. The fourth-order valence-electron chi connectivity index (χ4n) is 2.93. The van der Waals surface area contributed by atoms with Crippen molar-refractivity contribution in [2.24, 2.45) is 11.7 Å². The number of rotatable bonds is 4. The Balaban J connectivity index is 2.14. The fourth-order valence-corrected chi connectivity index (χ4v) is 3.39. The molecule has 2 rings (SSSR count). The highest BCUT2D eigenvalue weighted by Crippen LogP contribution is 2.27. The van der Waals surface area contributed by atoms with Crippen molar-refractivity contribution in [1.29, 1.82) is 0 Å². The maximum absolute atomic E-state index is 12.5. The summed E-state index contributed by atoms with van der Waals surface area (Å²) in [5.41, 5.74) is 7.21. The first-order valence-electron chi connectivity index (χ1n) is 7.36. The summed E-state index contributed by atoms with van der Waals surface area (Å²) in [5.74, 6) is 0.135. The zero-order valence-corrected chi connectivity index (χ0v) is 13.8. The predicted molar refractivity (Wildman–Crippen MR) is 90.8 cm³/mol. The molecule has 0 spiro atoms. The number of aryl methyl sites for hydroxylation is 1. The molecule has 114 valence electrons. The van der Waals surface area contributed by atoms with Crippen LogP contribution in [0.15, 0.2) is 18.2 Å². The molecule has 5 heteroatoms. The van der Waals surface area contributed by atoms with Gasteiger partial charge >= 0.3 is 0 Å². The number of carbonyl (C=O) groups is 1. The van der Waals surface area contributed by atoms with Gasteiger partial charge in [0, 0.05) is 0 Å². The normalized spacial score (nSPS) is 17.2. The van der Waals surface area contributed by atoms with E-state index >= 15 is 0 Å². The first kappa shape index (κ1) is 16.2. The number of thiocarbonyl (C=S) groups is 1. The first-order valence-corrected chi connectivity index (χ1v) is 8.14. The second-order valence-electron chi connectivity index (χ2n) is 5.69. The molecule has 1 atom stereocenters. The SMILES string of the molecule is Cc1cccc(C(=O)NC(C(N)=S)C2CCCCC2)c1Cl. The quantitative estimate of drug-likeness (QED) is 0.832. The van der Waals surface area contributed by atoms with Gasteiger partial charge in [0.05, 0.1) is 21.6 Å². The molecule has 0 aliphatic heterocycles. The smallest absolute Gasteiger partial charge is 0.253 e. The molecule has 0 saturated heterocycles. The maximum Gasteiger partial charge on any atom is 0.253 e. The largest absolute Gasteiger partial charge is 0.392 e. The van der Waals surface area contributed by atoms with Gasteiger partial charge in [-0.3, -0.25) is 4.79 Å². The van der Waals surface area contributed by atoms with Crippen molar-refractivity contribution in [3.8, 4) is 0 Å². The number of nitrogens with two attached hydrogens (primary N) is 1. The van der Waals surface area contributed by atoms with Crippen LogP contribution in [0, 0.1) is 12.8 Å². The van der Waals surface area contributed by atoms with E-state index in [1.807, 2.05) is 19.1 Å². The number of benzene rings is 1. The van der Waals surface area contributed by atoms with Gasteiger partial charge in [-0.25, -0.2) is 0 Å². The summed E-state index contributed by atoms with van der Waals surface area (Å²) < 4.78 is 0. The van der Waals surface area contributed by atoms with Crippen LogP contribution in [-0.2, 0) is 0 Å². The Labute approximate surface area is 136 Å². The number of amides is 1. The van der Waals surface area contributed by atoms with E-state index in [-0.39, 0.29) is 11.9 Å². The molecule has 1 aromatic rings. The number of hydrogen-bond acceptors (Lipinski definition) is 2. The molecule has 1 amide bonds. The topological polar surface area (TPSA) is 55.1 Å². The average molecular weight is 325 g/mol. The highest BCUT2D eigenvalue weighted by atomic mass is 35.5. The third kappa shape index (κ3) is 3.95. The third-order valence-corrected chi connectivity index (χ3v) is 4.91. The van der Waals surface area contributed by atoms with Gasteiger partial charge in [-0.2, -0.15) is 0 Å². The standard InChI is InChI=1S/C16H21ClN2OS/c1-10-6-5-9-12(13(10)17)16(20)19-14(15(18)21)11-7-3-2-4-8-11/h5-6,9,11,14H,2-4,7-8H2,1H3,(H2,18,21)(H,19,20). The molecular formula is C16H21ClN2OS. The molecule has 1 saturated carbocycles. The van der Waals surface area contributed by atoms with Crippen LogP contribution in [0.4, 0.5) is 0 Å². The van der Waals surface area contributed by atoms with Gasteiger partial charge in [0.2, 0.25) is 0 Å². The Morgan fingerprint density at radius 3 is 2.67 bits per heavy atom. The Bertz CT molecular complexity index is 541. The molecular weight excluding hydrogens is 304 g/mol. The zero-order chi connectivity index (χ0) is 15.4. The molecule has 1 aliphatic rings. The van der Waals surface area contributed by atoms with E-state index in [4.69, 9.17) is 29.6 Å². The Kier molecular flexibility index (Phi) is 5.59. The minimum absolute atomic E-state index is 0.202. The van der Waals surface area contributed by atoms with Crippen LogP contribution in [0.1, 0.15) is 48.0 Å².